The predicted molar refractivity (Wildman–Crippen MR) is 143 cm³/mol. The third kappa shape index (κ3) is 6.97. The molecule has 164 valence electrons. The molecule has 33 heavy (non-hydrogen) atoms. The molecule has 4 aromatic carbocycles. The van der Waals surface area contributed by atoms with Crippen molar-refractivity contribution in [2.45, 2.75) is 0 Å². The van der Waals surface area contributed by atoms with Crippen molar-refractivity contribution in [2.75, 3.05) is 0 Å². The van der Waals surface area contributed by atoms with Crippen LogP contribution in [0.1, 0.15) is 0 Å². The van der Waals surface area contributed by atoms with E-state index >= 15 is 0 Å². The maximum atomic E-state index is 13.0. The molecule has 4 rings (SSSR count). The van der Waals surface area contributed by atoms with Gasteiger partial charge in [-0.25, -0.2) is 0 Å². The number of hydrogen-bond donors (Lipinski definition) is 2. The summed E-state index contributed by atoms with van der Waals surface area (Å²) in [7, 11) is -6.42. The van der Waals surface area contributed by atoms with Gasteiger partial charge in [0.15, 0.2) is 0 Å². The molecule has 0 spiro atoms. The van der Waals surface area contributed by atoms with Gasteiger partial charge in [0.05, 0.1) is 16.1 Å². The van der Waals surface area contributed by atoms with E-state index in [0.717, 1.165) is 21.2 Å². The molecule has 0 aliphatic carbocycles. The van der Waals surface area contributed by atoms with Gasteiger partial charge in [0.2, 0.25) is 0 Å². The average Bonchev–Trinajstić information content (AvgIpc) is 2.88. The smallest absolute Gasteiger partial charge is 0.325 e. The second kappa shape index (κ2) is 12.4. The molecular formula is C25H22N2O2P4. The van der Waals surface area contributed by atoms with Gasteiger partial charge in [0.1, 0.15) is 0 Å². The van der Waals surface area contributed by atoms with Crippen LogP contribution in [0.2, 0.25) is 0 Å². The molecule has 4 nitrogen and oxygen atoms in total. The minimum absolute atomic E-state index is 1.04. The largest absolute Gasteiger partial charge is 0.603 e. The van der Waals surface area contributed by atoms with Gasteiger partial charge in [0, 0.05) is 0 Å². The zero-order chi connectivity index (χ0) is 22.9. The minimum atomic E-state index is -2.13. The van der Waals surface area contributed by atoms with Crippen LogP contribution < -0.4 is 40.7 Å². The fourth-order valence-electron chi connectivity index (χ4n) is 3.15. The van der Waals surface area contributed by atoms with Crippen LogP contribution in [0.25, 0.3) is 0 Å². The summed E-state index contributed by atoms with van der Waals surface area (Å²) in [6.07, 6.45) is 0. The van der Waals surface area contributed by atoms with Crippen molar-refractivity contribution in [1.82, 2.24) is 9.72 Å². The fourth-order valence-corrected chi connectivity index (χ4v) is 10.7. The number of benzene rings is 4. The van der Waals surface area contributed by atoms with E-state index in [1.807, 2.05) is 121 Å². The molecule has 0 heterocycles. The van der Waals surface area contributed by atoms with Gasteiger partial charge < -0.3 is 9.79 Å². The van der Waals surface area contributed by atoms with Crippen molar-refractivity contribution >= 4 is 58.4 Å². The van der Waals surface area contributed by atoms with E-state index in [2.05, 4.69) is 14.9 Å². The highest BCUT2D eigenvalue weighted by Gasteiger charge is 2.21. The first-order valence-corrected chi connectivity index (χ1v) is 15.4. The summed E-state index contributed by atoms with van der Waals surface area (Å²) in [6.45, 7) is 0. The normalized spacial score (nSPS) is 11.9. The Bertz CT molecular complexity index is 1050. The van der Waals surface area contributed by atoms with Crippen LogP contribution in [-0.2, 0) is 0 Å². The first kappa shape index (κ1) is 24.1. The van der Waals surface area contributed by atoms with Crippen LogP contribution in [0.4, 0.5) is 0 Å². The Morgan fingerprint density at radius 1 is 0.455 bits per heavy atom. The highest BCUT2D eigenvalue weighted by Crippen LogP contribution is 2.36. The fraction of sp³-hybridized carbons (Fsp3) is 0. The quantitative estimate of drug-likeness (QED) is 0.360. The van der Waals surface area contributed by atoms with Crippen LogP contribution in [0.3, 0.4) is 0 Å². The second-order valence-electron chi connectivity index (χ2n) is 6.90. The van der Waals surface area contributed by atoms with Crippen molar-refractivity contribution in [2.24, 2.45) is 0 Å². The SMILES string of the molecule is [O-][P+](=C=[P+]([O-])NP(c1ccccc1)c1ccccc1)NP(c1ccccc1)c1ccccc1. The molecule has 0 aliphatic rings. The lowest BCUT2D eigenvalue weighted by Gasteiger charge is -2.16. The average molecular weight is 506 g/mol. The van der Waals surface area contributed by atoms with Gasteiger partial charge >= 0.3 is 5.17 Å². The van der Waals surface area contributed by atoms with E-state index in [1.165, 1.54) is 0 Å². The van der Waals surface area contributed by atoms with Crippen LogP contribution in [0, 0.1) is 0 Å². The molecule has 0 aliphatic heterocycles. The lowest BCUT2D eigenvalue weighted by molar-refractivity contribution is -0.155. The zero-order valence-corrected chi connectivity index (χ0v) is 21.2. The minimum Gasteiger partial charge on any atom is -0.603 e. The summed E-state index contributed by atoms with van der Waals surface area (Å²) in [4.78, 5) is 32.3. The Labute approximate surface area is 199 Å². The Morgan fingerprint density at radius 3 is 0.939 bits per heavy atom. The van der Waals surface area contributed by atoms with Crippen molar-refractivity contribution in [3.05, 3.63) is 121 Å². The van der Waals surface area contributed by atoms with Gasteiger partial charge in [-0.1, -0.05) is 121 Å². The molecular weight excluding hydrogens is 484 g/mol. The van der Waals surface area contributed by atoms with Crippen LogP contribution >= 0.6 is 32.0 Å². The number of nitrogens with one attached hydrogen (secondary N) is 2. The molecule has 4 aromatic rings. The third-order valence-corrected chi connectivity index (χ3v) is 12.4. The Morgan fingerprint density at radius 2 is 0.697 bits per heavy atom. The molecule has 0 saturated carbocycles. The Kier molecular flexibility index (Phi) is 9.08. The standard InChI is InChI=1S/C25H22N2O2P4/c28-30(26-32(22-13-5-1-6-14-22)23-15-7-2-8-16-23)21-31(29)27-33(24-17-9-3-10-18-24)25-19-11-4-12-20-25/h1-20,26-27H. The first-order valence-electron chi connectivity index (χ1n) is 10.2. The van der Waals surface area contributed by atoms with E-state index < -0.39 is 32.0 Å². The van der Waals surface area contributed by atoms with E-state index in [1.54, 1.807) is 0 Å². The summed E-state index contributed by atoms with van der Waals surface area (Å²) in [5.41, 5.74) is 0. The first-order chi connectivity index (χ1) is 16.2. The summed E-state index contributed by atoms with van der Waals surface area (Å²) in [5, 5.41) is 6.93. The van der Waals surface area contributed by atoms with Gasteiger partial charge in [-0.15, -0.1) is 9.72 Å². The molecule has 2 atom stereocenters. The summed E-state index contributed by atoms with van der Waals surface area (Å²) in [5.74, 6) is 0. The van der Waals surface area contributed by atoms with E-state index in [0.29, 0.717) is 0 Å². The summed E-state index contributed by atoms with van der Waals surface area (Å²) < 4.78 is 0. The topological polar surface area (TPSA) is 70.2 Å². The molecule has 0 aromatic heterocycles. The molecule has 8 heteroatoms. The molecule has 0 bridgehead atoms. The number of hydrogen-bond acceptors (Lipinski definition) is 4. The summed E-state index contributed by atoms with van der Waals surface area (Å²) >= 11 is 0. The highest BCUT2D eigenvalue weighted by molar-refractivity contribution is 7.82. The highest BCUT2D eigenvalue weighted by atomic mass is 31.2. The summed E-state index contributed by atoms with van der Waals surface area (Å²) in [6, 6.07) is 39.6. The Balaban J connectivity index is 1.62. The van der Waals surface area contributed by atoms with Crippen LogP contribution in [0.5, 0.6) is 0 Å². The van der Waals surface area contributed by atoms with Crippen molar-refractivity contribution in [3.63, 3.8) is 0 Å². The van der Waals surface area contributed by atoms with Crippen molar-refractivity contribution < 1.29 is 9.79 Å². The molecule has 0 amide bonds. The molecule has 0 fully saturated rings. The van der Waals surface area contributed by atoms with Crippen LogP contribution in [0.15, 0.2) is 121 Å². The molecule has 0 radical (unpaired) electrons. The predicted octanol–water partition coefficient (Wildman–Crippen LogP) is 3.24. The lowest BCUT2D eigenvalue weighted by atomic mass is 10.4. The maximum absolute atomic E-state index is 13.0. The van der Waals surface area contributed by atoms with Crippen molar-refractivity contribution in [3.8, 4) is 0 Å². The number of rotatable bonds is 8. The van der Waals surface area contributed by atoms with Gasteiger partial charge in [0.25, 0.3) is 15.8 Å². The maximum Gasteiger partial charge on any atom is 0.325 e. The Hall–Kier alpha value is -2.04. The monoisotopic (exact) mass is 506 g/mol. The van der Waals surface area contributed by atoms with E-state index in [9.17, 15) is 9.79 Å². The van der Waals surface area contributed by atoms with E-state index in [-0.39, 0.29) is 0 Å². The van der Waals surface area contributed by atoms with E-state index in [4.69, 9.17) is 0 Å². The second-order valence-corrected chi connectivity index (χ2v) is 13.9. The van der Waals surface area contributed by atoms with Gasteiger partial charge in [-0.3, -0.25) is 0 Å². The molecule has 0 saturated heterocycles. The third-order valence-electron chi connectivity index (χ3n) is 4.62. The lowest BCUT2D eigenvalue weighted by Crippen LogP contribution is -2.22. The molecule has 2 N–H and O–H groups in total. The van der Waals surface area contributed by atoms with Gasteiger partial charge in [-0.2, -0.15) is 0 Å². The molecule has 2 unspecified atom stereocenters. The van der Waals surface area contributed by atoms with Crippen molar-refractivity contribution in [1.29, 1.82) is 0 Å². The zero-order valence-electron chi connectivity index (χ0n) is 17.7. The van der Waals surface area contributed by atoms with Crippen LogP contribution in [-0.4, -0.2) is 5.17 Å². The van der Waals surface area contributed by atoms with Gasteiger partial charge in [-0.05, 0) is 21.2 Å².